The predicted octanol–water partition coefficient (Wildman–Crippen LogP) is 2.02. The maximum Gasteiger partial charge on any atom is 0.115 e. The number of phenolic OH excluding ortho intramolecular Hbond substituents is 1. The van der Waals surface area contributed by atoms with Crippen LogP contribution in [-0.4, -0.2) is 16.3 Å². The van der Waals surface area contributed by atoms with Crippen LogP contribution in [0.3, 0.4) is 0 Å². The van der Waals surface area contributed by atoms with Crippen molar-refractivity contribution in [3.63, 3.8) is 0 Å². The summed E-state index contributed by atoms with van der Waals surface area (Å²) in [6.07, 6.45) is 2.79. The van der Waals surface area contributed by atoms with Gasteiger partial charge in [-0.25, -0.2) is 0 Å². The molecule has 2 rings (SSSR count). The van der Waals surface area contributed by atoms with Gasteiger partial charge in [-0.2, -0.15) is 0 Å². The summed E-state index contributed by atoms with van der Waals surface area (Å²) in [5.74, 6) is 0.517. The van der Waals surface area contributed by atoms with Gasteiger partial charge in [0.2, 0.25) is 0 Å². The third kappa shape index (κ3) is 1.68. The van der Waals surface area contributed by atoms with Crippen molar-refractivity contribution in [3.05, 3.63) is 29.8 Å². The second kappa shape index (κ2) is 3.38. The SMILES string of the molecule is Oc1cccc(C2CCCC2O)c1. The maximum atomic E-state index is 9.65. The van der Waals surface area contributed by atoms with Crippen LogP contribution in [0.1, 0.15) is 30.7 Å². The lowest BCUT2D eigenvalue weighted by molar-refractivity contribution is 0.164. The van der Waals surface area contributed by atoms with Gasteiger partial charge in [0, 0.05) is 5.92 Å². The van der Waals surface area contributed by atoms with E-state index < -0.39 is 0 Å². The van der Waals surface area contributed by atoms with Crippen molar-refractivity contribution in [2.45, 2.75) is 31.3 Å². The number of aromatic hydroxyl groups is 1. The van der Waals surface area contributed by atoms with Crippen LogP contribution in [0.2, 0.25) is 0 Å². The molecule has 1 aliphatic rings. The molecule has 1 fully saturated rings. The lowest BCUT2D eigenvalue weighted by Gasteiger charge is -2.14. The third-order valence-corrected chi connectivity index (χ3v) is 2.78. The van der Waals surface area contributed by atoms with Crippen LogP contribution in [0.4, 0.5) is 0 Å². The van der Waals surface area contributed by atoms with Crippen molar-refractivity contribution in [2.75, 3.05) is 0 Å². The molecule has 2 unspecified atom stereocenters. The van der Waals surface area contributed by atoms with E-state index in [2.05, 4.69) is 0 Å². The number of aliphatic hydroxyl groups excluding tert-OH is 1. The van der Waals surface area contributed by atoms with Gasteiger partial charge in [-0.05, 0) is 30.5 Å². The zero-order valence-electron chi connectivity index (χ0n) is 7.48. The largest absolute Gasteiger partial charge is 0.508 e. The summed E-state index contributed by atoms with van der Waals surface area (Å²) in [4.78, 5) is 0. The van der Waals surface area contributed by atoms with E-state index in [9.17, 15) is 10.2 Å². The quantitative estimate of drug-likeness (QED) is 0.690. The number of rotatable bonds is 1. The van der Waals surface area contributed by atoms with Crippen LogP contribution in [0.25, 0.3) is 0 Å². The van der Waals surface area contributed by atoms with Gasteiger partial charge in [0.25, 0.3) is 0 Å². The molecular weight excluding hydrogens is 164 g/mol. The van der Waals surface area contributed by atoms with Crippen LogP contribution < -0.4 is 0 Å². The second-order valence-electron chi connectivity index (χ2n) is 3.70. The van der Waals surface area contributed by atoms with Crippen molar-refractivity contribution >= 4 is 0 Å². The highest BCUT2D eigenvalue weighted by atomic mass is 16.3. The summed E-state index contributed by atoms with van der Waals surface area (Å²) in [7, 11) is 0. The number of benzene rings is 1. The van der Waals surface area contributed by atoms with Gasteiger partial charge in [-0.15, -0.1) is 0 Å². The zero-order valence-corrected chi connectivity index (χ0v) is 7.48. The molecule has 0 amide bonds. The Bertz CT molecular complexity index is 296. The predicted molar refractivity (Wildman–Crippen MR) is 50.7 cm³/mol. The van der Waals surface area contributed by atoms with Crippen LogP contribution in [-0.2, 0) is 0 Å². The second-order valence-corrected chi connectivity index (χ2v) is 3.70. The van der Waals surface area contributed by atoms with E-state index in [1.54, 1.807) is 12.1 Å². The normalized spacial score (nSPS) is 27.8. The molecule has 2 N–H and O–H groups in total. The number of aliphatic hydroxyl groups is 1. The Balaban J connectivity index is 2.24. The van der Waals surface area contributed by atoms with Crippen molar-refractivity contribution < 1.29 is 10.2 Å². The highest BCUT2D eigenvalue weighted by Gasteiger charge is 2.26. The summed E-state index contributed by atoms with van der Waals surface area (Å²) in [5, 5.41) is 18.9. The molecule has 70 valence electrons. The van der Waals surface area contributed by atoms with E-state index in [-0.39, 0.29) is 17.8 Å². The lowest BCUT2D eigenvalue weighted by atomic mass is 9.96. The molecule has 2 atom stereocenters. The Morgan fingerprint density at radius 2 is 2.08 bits per heavy atom. The molecule has 1 aromatic carbocycles. The highest BCUT2D eigenvalue weighted by Crippen LogP contribution is 2.35. The lowest BCUT2D eigenvalue weighted by Crippen LogP contribution is -2.10. The first-order valence-electron chi connectivity index (χ1n) is 4.74. The molecular formula is C11H14O2. The maximum absolute atomic E-state index is 9.65. The average Bonchev–Trinajstić information content (AvgIpc) is 2.51. The molecule has 2 nitrogen and oxygen atoms in total. The van der Waals surface area contributed by atoms with Gasteiger partial charge >= 0.3 is 0 Å². The van der Waals surface area contributed by atoms with Crippen LogP contribution in [0, 0.1) is 0 Å². The molecule has 2 heteroatoms. The van der Waals surface area contributed by atoms with Crippen LogP contribution >= 0.6 is 0 Å². The molecule has 1 saturated carbocycles. The summed E-state index contributed by atoms with van der Waals surface area (Å²) in [6.45, 7) is 0. The molecule has 0 heterocycles. The summed E-state index contributed by atoms with van der Waals surface area (Å²) in [6, 6.07) is 7.21. The van der Waals surface area contributed by atoms with E-state index in [1.165, 1.54) is 0 Å². The van der Waals surface area contributed by atoms with Crippen molar-refractivity contribution in [1.29, 1.82) is 0 Å². The van der Waals surface area contributed by atoms with Crippen LogP contribution in [0.5, 0.6) is 5.75 Å². The average molecular weight is 178 g/mol. The zero-order chi connectivity index (χ0) is 9.26. The minimum Gasteiger partial charge on any atom is -0.508 e. The fraction of sp³-hybridized carbons (Fsp3) is 0.455. The van der Waals surface area contributed by atoms with E-state index in [4.69, 9.17) is 0 Å². The molecule has 0 saturated heterocycles. The van der Waals surface area contributed by atoms with E-state index in [1.807, 2.05) is 12.1 Å². The van der Waals surface area contributed by atoms with Crippen molar-refractivity contribution in [1.82, 2.24) is 0 Å². The summed E-state index contributed by atoms with van der Waals surface area (Å²) >= 11 is 0. The Morgan fingerprint density at radius 3 is 2.69 bits per heavy atom. The van der Waals surface area contributed by atoms with Gasteiger partial charge in [-0.3, -0.25) is 0 Å². The Labute approximate surface area is 77.8 Å². The minimum atomic E-state index is -0.221. The molecule has 0 radical (unpaired) electrons. The third-order valence-electron chi connectivity index (χ3n) is 2.78. The first kappa shape index (κ1) is 8.57. The fourth-order valence-corrected chi connectivity index (χ4v) is 2.08. The van der Waals surface area contributed by atoms with E-state index in [0.29, 0.717) is 0 Å². The first-order chi connectivity index (χ1) is 6.27. The van der Waals surface area contributed by atoms with Crippen molar-refractivity contribution in [2.24, 2.45) is 0 Å². The van der Waals surface area contributed by atoms with Gasteiger partial charge in [0.1, 0.15) is 5.75 Å². The number of hydrogen-bond acceptors (Lipinski definition) is 2. The molecule has 1 aromatic rings. The molecule has 1 aliphatic carbocycles. The van der Waals surface area contributed by atoms with Gasteiger partial charge < -0.3 is 10.2 Å². The van der Waals surface area contributed by atoms with E-state index >= 15 is 0 Å². The molecule has 0 aliphatic heterocycles. The monoisotopic (exact) mass is 178 g/mol. The Kier molecular flexibility index (Phi) is 2.23. The fourth-order valence-electron chi connectivity index (χ4n) is 2.08. The minimum absolute atomic E-state index is 0.221. The Hall–Kier alpha value is -1.02. The van der Waals surface area contributed by atoms with Gasteiger partial charge in [0.05, 0.1) is 6.10 Å². The first-order valence-corrected chi connectivity index (χ1v) is 4.74. The number of phenols is 1. The van der Waals surface area contributed by atoms with Gasteiger partial charge in [-0.1, -0.05) is 18.6 Å². The smallest absolute Gasteiger partial charge is 0.115 e. The summed E-state index contributed by atoms with van der Waals surface area (Å²) in [5.41, 5.74) is 1.06. The number of hydrogen-bond donors (Lipinski definition) is 2. The van der Waals surface area contributed by atoms with Crippen LogP contribution in [0.15, 0.2) is 24.3 Å². The standard InChI is InChI=1S/C11H14O2/c12-9-4-1-3-8(7-9)10-5-2-6-11(10)13/h1,3-4,7,10-13H,2,5-6H2. The highest BCUT2D eigenvalue weighted by molar-refractivity contribution is 5.30. The molecule has 0 spiro atoms. The Morgan fingerprint density at radius 1 is 1.23 bits per heavy atom. The topological polar surface area (TPSA) is 40.5 Å². The molecule has 13 heavy (non-hydrogen) atoms. The van der Waals surface area contributed by atoms with Gasteiger partial charge in [0.15, 0.2) is 0 Å². The molecule has 0 bridgehead atoms. The van der Waals surface area contributed by atoms with Crippen molar-refractivity contribution in [3.8, 4) is 5.75 Å². The molecule has 0 aromatic heterocycles. The summed E-state index contributed by atoms with van der Waals surface area (Å²) < 4.78 is 0. The van der Waals surface area contributed by atoms with E-state index in [0.717, 1.165) is 24.8 Å².